The van der Waals surface area contributed by atoms with Crippen LogP contribution in [-0.4, -0.2) is 174 Å². The van der Waals surface area contributed by atoms with Crippen molar-refractivity contribution in [3.63, 3.8) is 0 Å². The van der Waals surface area contributed by atoms with Gasteiger partial charge in [0.15, 0.2) is 24.4 Å². The molecule has 3 heterocycles. The molecule has 0 saturated carbocycles. The molecular weight excluding hydrogens is 1030 g/mol. The van der Waals surface area contributed by atoms with E-state index >= 15 is 0 Å². The Hall–Kier alpha value is -7.52. The molecule has 1 aliphatic rings. The van der Waals surface area contributed by atoms with Crippen molar-refractivity contribution in [2.75, 3.05) is 28.2 Å². The average molecular weight is 1110 g/mol. The van der Waals surface area contributed by atoms with Crippen LogP contribution < -0.4 is 0 Å². The van der Waals surface area contributed by atoms with Crippen LogP contribution in [-0.2, 0) is 83.2 Å². The fourth-order valence-corrected chi connectivity index (χ4v) is 9.48. The third kappa shape index (κ3) is 17.7. The van der Waals surface area contributed by atoms with E-state index in [1.54, 1.807) is 58.4 Å². The zero-order chi connectivity index (χ0) is 59.1. The van der Waals surface area contributed by atoms with Gasteiger partial charge < -0.3 is 38.5 Å². The lowest BCUT2D eigenvalue weighted by molar-refractivity contribution is -0.176. The summed E-state index contributed by atoms with van der Waals surface area (Å²) in [7, 11) is 5.54. The van der Waals surface area contributed by atoms with Crippen LogP contribution in [0.25, 0.3) is 0 Å². The van der Waals surface area contributed by atoms with Gasteiger partial charge in [0.1, 0.15) is 24.2 Å². The van der Waals surface area contributed by atoms with Crippen molar-refractivity contribution in [2.24, 2.45) is 23.7 Å². The average Bonchev–Trinajstić information content (AvgIpc) is 4.14. The zero-order valence-corrected chi connectivity index (χ0v) is 48.9. The van der Waals surface area contributed by atoms with Crippen LogP contribution in [0.5, 0.6) is 0 Å². The lowest BCUT2D eigenvalue weighted by atomic mass is 9.99. The minimum Gasteiger partial charge on any atom is -0.451 e. The van der Waals surface area contributed by atoms with Gasteiger partial charge in [-0.15, -0.1) is 10.2 Å². The summed E-state index contributed by atoms with van der Waals surface area (Å²) in [5, 5.41) is 15.8. The van der Waals surface area contributed by atoms with Crippen LogP contribution in [0.2, 0.25) is 0 Å². The number of rotatable bonds is 16. The zero-order valence-electron chi connectivity index (χ0n) is 48.9. The topological polar surface area (TPSA) is 248 Å². The molecule has 1 aliphatic heterocycles. The summed E-state index contributed by atoms with van der Waals surface area (Å²) in [6.07, 6.45) is 0.534. The number of hydrogen-bond acceptors (Lipinski definition) is 16. The predicted octanol–water partition coefficient (Wildman–Crippen LogP) is 4.94. The van der Waals surface area contributed by atoms with Gasteiger partial charge in [-0.05, 0) is 85.5 Å². The first kappa shape index (κ1) is 63.3. The number of benzene rings is 2. The lowest BCUT2D eigenvalue weighted by Gasteiger charge is -2.35. The van der Waals surface area contributed by atoms with E-state index in [9.17, 15) is 38.4 Å². The highest BCUT2D eigenvalue weighted by molar-refractivity contribution is 5.94. The van der Waals surface area contributed by atoms with Crippen molar-refractivity contribution < 1.29 is 57.3 Å². The van der Waals surface area contributed by atoms with Crippen LogP contribution in [0.3, 0.4) is 0 Å². The molecular formula is C58H82N10O12. The molecule has 0 unspecified atom stereocenters. The number of carbonyl (C=O) groups excluding carboxylic acids is 8. The molecule has 436 valence electrons. The maximum atomic E-state index is 15.0. The number of aromatic nitrogens is 6. The number of ether oxygens (including phenoxy) is 4. The lowest BCUT2D eigenvalue weighted by Crippen LogP contribution is -2.55. The third-order valence-corrected chi connectivity index (χ3v) is 14.0. The number of carbonyl (C=O) groups is 8. The normalized spacial score (nSPS) is 23.2. The molecule has 1 saturated heterocycles. The van der Waals surface area contributed by atoms with Gasteiger partial charge in [0, 0.05) is 53.4 Å². The minimum atomic E-state index is -1.54. The van der Waals surface area contributed by atoms with E-state index < -0.39 is 96.1 Å². The van der Waals surface area contributed by atoms with Gasteiger partial charge in [-0.1, -0.05) is 114 Å². The van der Waals surface area contributed by atoms with E-state index in [1.165, 1.54) is 42.0 Å². The smallest absolute Gasteiger partial charge is 0.329 e. The molecule has 2 aromatic carbocycles. The number of nitrogens with zero attached hydrogens (tertiary/aromatic N) is 10. The molecule has 0 bridgehead atoms. The minimum absolute atomic E-state index is 0.0774. The summed E-state index contributed by atoms with van der Waals surface area (Å²) in [4.78, 5) is 122. The molecule has 4 aromatic rings. The van der Waals surface area contributed by atoms with E-state index in [0.717, 1.165) is 30.7 Å². The van der Waals surface area contributed by atoms with Crippen LogP contribution in [0.1, 0.15) is 117 Å². The van der Waals surface area contributed by atoms with E-state index in [0.29, 0.717) is 24.2 Å². The Morgan fingerprint density at radius 2 is 0.662 bits per heavy atom. The van der Waals surface area contributed by atoms with Crippen LogP contribution in [0.4, 0.5) is 0 Å². The van der Waals surface area contributed by atoms with Gasteiger partial charge in [0.05, 0.1) is 25.5 Å². The van der Waals surface area contributed by atoms with Crippen molar-refractivity contribution in [3.8, 4) is 0 Å². The summed E-state index contributed by atoms with van der Waals surface area (Å²) >= 11 is 0. The monoisotopic (exact) mass is 1110 g/mol. The molecule has 0 aliphatic carbocycles. The van der Waals surface area contributed by atoms with E-state index in [2.05, 4.69) is 20.6 Å². The summed E-state index contributed by atoms with van der Waals surface area (Å²) in [6.45, 7) is 18.3. The van der Waals surface area contributed by atoms with Gasteiger partial charge in [-0.25, -0.2) is 28.5 Å². The highest BCUT2D eigenvalue weighted by Gasteiger charge is 2.43. The van der Waals surface area contributed by atoms with Crippen molar-refractivity contribution in [2.45, 2.75) is 169 Å². The SMILES string of the molecule is CC(C)C[C@H]1C(=O)O[C@H](Cc2ccc(Cn3ccnn3)cc2)C(=O)N(C)[C@@H](CC(C)C)C(=O)O[C@H](C)C(=O)N(C)[C@@H](CC(C)C)C(=O)O[C@H](Cc2ccc(Cn3ccnn3)cc2)C(=O)N(C)[C@@H](CC(C)C)C(=O)O[C@H](C)C(=O)N1C. The summed E-state index contributed by atoms with van der Waals surface area (Å²) < 4.78 is 27.4. The molecule has 2 aromatic heterocycles. The summed E-state index contributed by atoms with van der Waals surface area (Å²) in [5.74, 6) is -7.50. The first-order chi connectivity index (χ1) is 37.7. The van der Waals surface area contributed by atoms with Crippen LogP contribution in [0.15, 0.2) is 73.3 Å². The third-order valence-electron chi connectivity index (χ3n) is 14.0. The van der Waals surface area contributed by atoms with Gasteiger partial charge in [0.2, 0.25) is 0 Å². The van der Waals surface area contributed by atoms with E-state index in [1.807, 2.05) is 79.7 Å². The fourth-order valence-electron chi connectivity index (χ4n) is 9.48. The molecule has 0 radical (unpaired) electrons. The van der Waals surface area contributed by atoms with Crippen LogP contribution in [0, 0.1) is 23.7 Å². The Morgan fingerprint density at radius 1 is 0.400 bits per heavy atom. The molecule has 22 heteroatoms. The van der Waals surface area contributed by atoms with Crippen molar-refractivity contribution in [1.29, 1.82) is 0 Å². The molecule has 0 spiro atoms. The van der Waals surface area contributed by atoms with Crippen molar-refractivity contribution in [3.05, 3.63) is 95.6 Å². The number of esters is 4. The second kappa shape index (κ2) is 29.1. The van der Waals surface area contributed by atoms with Gasteiger partial charge >= 0.3 is 23.9 Å². The Balaban J connectivity index is 1.59. The highest BCUT2D eigenvalue weighted by Crippen LogP contribution is 2.25. The van der Waals surface area contributed by atoms with Gasteiger partial charge in [-0.3, -0.25) is 19.2 Å². The molecule has 8 atom stereocenters. The number of amides is 4. The van der Waals surface area contributed by atoms with Crippen LogP contribution >= 0.6 is 0 Å². The second-order valence-corrected chi connectivity index (χ2v) is 22.6. The molecule has 0 N–H and O–H groups in total. The maximum absolute atomic E-state index is 15.0. The predicted molar refractivity (Wildman–Crippen MR) is 293 cm³/mol. The Labute approximate surface area is 469 Å². The standard InChI is InChI=1S/C58H82N10O12/c1-35(2)27-45-55(73)77-39(9)51(69)63(11)48(30-38(7)8)58(76)80-50(32-42-17-21-44(22-18-42)34-68-26-24-60-62-68)54(72)66(14)46(28-36(3)4)56(74)78-40(10)52(70)64(12)47(29-37(5)6)57(75)79-49(53(71)65(45)13)31-41-15-19-43(20-16-41)33-67-25-23-59-61-67/h15-26,35-40,45-50H,27-34H2,1-14H3/t39-,40-,45+,46+,47+,48+,49-,50-/m1/s1. The molecule has 4 amide bonds. The highest BCUT2D eigenvalue weighted by atomic mass is 16.6. The fraction of sp³-hybridized carbons (Fsp3) is 0.586. The van der Waals surface area contributed by atoms with E-state index in [4.69, 9.17) is 18.9 Å². The molecule has 5 rings (SSSR count). The molecule has 22 nitrogen and oxygen atoms in total. The summed E-state index contributed by atoms with van der Waals surface area (Å²) in [6, 6.07) is 9.31. The van der Waals surface area contributed by atoms with Gasteiger partial charge in [-0.2, -0.15) is 0 Å². The second-order valence-electron chi connectivity index (χ2n) is 22.6. The number of likely N-dealkylation sites (N-methyl/N-ethyl adjacent to an activating group) is 4. The largest absolute Gasteiger partial charge is 0.451 e. The Morgan fingerprint density at radius 3 is 0.925 bits per heavy atom. The Kier molecular flexibility index (Phi) is 23.0. The molecule has 80 heavy (non-hydrogen) atoms. The van der Waals surface area contributed by atoms with Crippen molar-refractivity contribution in [1.82, 2.24) is 49.6 Å². The first-order valence-corrected chi connectivity index (χ1v) is 27.5. The first-order valence-electron chi connectivity index (χ1n) is 27.5. The van der Waals surface area contributed by atoms with Gasteiger partial charge in [0.25, 0.3) is 23.6 Å². The Bertz CT molecular complexity index is 2500. The van der Waals surface area contributed by atoms with E-state index in [-0.39, 0.29) is 62.2 Å². The summed E-state index contributed by atoms with van der Waals surface area (Å²) in [5.41, 5.74) is 2.95. The quantitative estimate of drug-likeness (QED) is 0.106. The number of cyclic esters (lactones) is 4. The number of hydrogen-bond donors (Lipinski definition) is 0. The van der Waals surface area contributed by atoms with Crippen molar-refractivity contribution >= 4 is 47.5 Å². The molecule has 1 fully saturated rings. The maximum Gasteiger partial charge on any atom is 0.329 e.